The second-order valence-corrected chi connectivity index (χ2v) is 6.25. The Morgan fingerprint density at radius 3 is 2.64 bits per heavy atom. The lowest BCUT2D eigenvalue weighted by molar-refractivity contribution is 0.0697. The van der Waals surface area contributed by atoms with Gasteiger partial charge in [0.1, 0.15) is 12.3 Å². The molecule has 1 N–H and O–H groups in total. The quantitative estimate of drug-likeness (QED) is 0.545. The summed E-state index contributed by atoms with van der Waals surface area (Å²) in [6.45, 7) is 0.447. The summed E-state index contributed by atoms with van der Waals surface area (Å²) in [5.74, 6) is 0.275. The van der Waals surface area contributed by atoms with Crippen molar-refractivity contribution in [3.05, 3.63) is 84.2 Å². The van der Waals surface area contributed by atoms with Gasteiger partial charge in [0.2, 0.25) is 0 Å². The first-order valence-corrected chi connectivity index (χ1v) is 8.71. The predicted molar refractivity (Wildman–Crippen MR) is 105 cm³/mol. The highest BCUT2D eigenvalue weighted by atomic mass is 16.5. The summed E-state index contributed by atoms with van der Waals surface area (Å²) < 4.78 is 13.2. The van der Waals surface area contributed by atoms with E-state index in [0.29, 0.717) is 23.8 Å². The Kier molecular flexibility index (Phi) is 4.68. The van der Waals surface area contributed by atoms with E-state index in [2.05, 4.69) is 4.98 Å². The molecule has 6 nitrogen and oxygen atoms in total. The summed E-state index contributed by atoms with van der Waals surface area (Å²) in [5.41, 5.74) is 3.41. The Labute approximate surface area is 161 Å². The number of fused-ring (bicyclic) bond motifs is 1. The van der Waals surface area contributed by atoms with Crippen molar-refractivity contribution < 1.29 is 19.4 Å². The van der Waals surface area contributed by atoms with Gasteiger partial charge in [0.05, 0.1) is 18.4 Å². The number of carboxylic acid groups (broad SMARTS) is 1. The first kappa shape index (κ1) is 17.6. The third-order valence-electron chi connectivity index (χ3n) is 4.40. The molecule has 0 atom stereocenters. The maximum Gasteiger partial charge on any atom is 0.335 e. The number of pyridine rings is 1. The number of hydrogen-bond donors (Lipinski definition) is 1. The van der Waals surface area contributed by atoms with Crippen molar-refractivity contribution in [1.82, 2.24) is 9.38 Å². The molecule has 0 fully saturated rings. The summed E-state index contributed by atoms with van der Waals surface area (Å²) in [6, 6.07) is 18.6. The van der Waals surface area contributed by atoms with Crippen LogP contribution in [0.25, 0.3) is 16.9 Å². The molecule has 0 aliphatic heterocycles. The number of imidazole rings is 1. The SMILES string of the molecule is COc1cc(-c2cn3ccc(C(=O)O)cc3n2)ccc1OCc1ccccc1. The molecule has 4 rings (SSSR count). The van der Waals surface area contributed by atoms with Crippen LogP contribution in [0.4, 0.5) is 0 Å². The average molecular weight is 374 g/mol. The molecule has 0 aliphatic rings. The summed E-state index contributed by atoms with van der Waals surface area (Å²) >= 11 is 0. The number of carbonyl (C=O) groups is 1. The molecule has 0 saturated heterocycles. The Morgan fingerprint density at radius 1 is 1.07 bits per heavy atom. The molecular weight excluding hydrogens is 356 g/mol. The zero-order valence-electron chi connectivity index (χ0n) is 15.2. The molecule has 6 heteroatoms. The van der Waals surface area contributed by atoms with Gasteiger partial charge in [-0.15, -0.1) is 0 Å². The average Bonchev–Trinajstić information content (AvgIpc) is 3.16. The van der Waals surface area contributed by atoms with E-state index in [0.717, 1.165) is 16.8 Å². The molecule has 2 heterocycles. The molecule has 0 saturated carbocycles. The Hall–Kier alpha value is -3.80. The lowest BCUT2D eigenvalue weighted by Crippen LogP contribution is -1.97. The van der Waals surface area contributed by atoms with E-state index in [1.165, 1.54) is 0 Å². The monoisotopic (exact) mass is 374 g/mol. The van der Waals surface area contributed by atoms with Gasteiger partial charge in [-0.3, -0.25) is 0 Å². The van der Waals surface area contributed by atoms with Crippen LogP contribution in [-0.4, -0.2) is 27.6 Å². The first-order chi connectivity index (χ1) is 13.6. The highest BCUT2D eigenvalue weighted by Gasteiger charge is 2.11. The smallest absolute Gasteiger partial charge is 0.335 e. The number of hydrogen-bond acceptors (Lipinski definition) is 4. The number of aromatic carboxylic acids is 1. The van der Waals surface area contributed by atoms with Gasteiger partial charge in [-0.2, -0.15) is 0 Å². The summed E-state index contributed by atoms with van der Waals surface area (Å²) in [6.07, 6.45) is 3.53. The number of benzene rings is 2. The normalized spacial score (nSPS) is 10.8. The first-order valence-electron chi connectivity index (χ1n) is 8.71. The number of ether oxygens (including phenoxy) is 2. The molecular formula is C22H18N2O4. The molecule has 2 aromatic heterocycles. The van der Waals surface area contributed by atoms with Crippen molar-refractivity contribution in [3.63, 3.8) is 0 Å². The van der Waals surface area contributed by atoms with E-state index in [1.54, 1.807) is 29.8 Å². The topological polar surface area (TPSA) is 73.1 Å². The van der Waals surface area contributed by atoms with Crippen LogP contribution in [-0.2, 0) is 6.61 Å². The standard InChI is InChI=1S/C22H18N2O4/c1-27-20-11-16(7-8-19(20)28-14-15-5-3-2-4-6-15)18-13-24-10-9-17(22(25)26)12-21(24)23-18/h2-13H,14H2,1H3,(H,25,26). The van der Waals surface area contributed by atoms with E-state index < -0.39 is 5.97 Å². The Morgan fingerprint density at radius 2 is 1.89 bits per heavy atom. The molecule has 2 aromatic carbocycles. The molecule has 0 radical (unpaired) electrons. The van der Waals surface area contributed by atoms with E-state index >= 15 is 0 Å². The summed E-state index contributed by atoms with van der Waals surface area (Å²) in [7, 11) is 1.59. The Bertz CT molecular complexity index is 1140. The van der Waals surface area contributed by atoms with E-state index in [9.17, 15) is 4.79 Å². The molecule has 28 heavy (non-hydrogen) atoms. The number of methoxy groups -OCH3 is 1. The molecule has 0 aliphatic carbocycles. The van der Waals surface area contributed by atoms with Gasteiger partial charge in [0.25, 0.3) is 0 Å². The van der Waals surface area contributed by atoms with Crippen molar-refractivity contribution in [3.8, 4) is 22.8 Å². The highest BCUT2D eigenvalue weighted by molar-refractivity contribution is 5.88. The van der Waals surface area contributed by atoms with Gasteiger partial charge in [0.15, 0.2) is 11.5 Å². The fourth-order valence-electron chi connectivity index (χ4n) is 2.94. The molecule has 0 bridgehead atoms. The fraction of sp³-hybridized carbons (Fsp3) is 0.0909. The van der Waals surface area contributed by atoms with Gasteiger partial charge in [-0.25, -0.2) is 9.78 Å². The van der Waals surface area contributed by atoms with Gasteiger partial charge in [0, 0.05) is 18.0 Å². The maximum atomic E-state index is 11.1. The number of nitrogens with zero attached hydrogens (tertiary/aromatic N) is 2. The third kappa shape index (κ3) is 3.53. The van der Waals surface area contributed by atoms with Crippen LogP contribution in [0.3, 0.4) is 0 Å². The zero-order valence-corrected chi connectivity index (χ0v) is 15.2. The molecule has 140 valence electrons. The minimum Gasteiger partial charge on any atom is -0.493 e. The van der Waals surface area contributed by atoms with Crippen molar-refractivity contribution in [1.29, 1.82) is 0 Å². The summed E-state index contributed by atoms with van der Waals surface area (Å²) in [4.78, 5) is 15.7. The van der Waals surface area contributed by atoms with Crippen LogP contribution >= 0.6 is 0 Å². The van der Waals surface area contributed by atoms with Crippen molar-refractivity contribution in [2.75, 3.05) is 7.11 Å². The van der Waals surface area contributed by atoms with Crippen LogP contribution < -0.4 is 9.47 Å². The van der Waals surface area contributed by atoms with Crippen LogP contribution in [0.5, 0.6) is 11.5 Å². The van der Waals surface area contributed by atoms with Gasteiger partial charge < -0.3 is 19.0 Å². The van der Waals surface area contributed by atoms with Crippen LogP contribution in [0, 0.1) is 0 Å². The molecule has 0 amide bonds. The second-order valence-electron chi connectivity index (χ2n) is 6.25. The molecule has 0 spiro atoms. The fourth-order valence-corrected chi connectivity index (χ4v) is 2.94. The van der Waals surface area contributed by atoms with E-state index in [4.69, 9.17) is 14.6 Å². The summed E-state index contributed by atoms with van der Waals surface area (Å²) in [5, 5.41) is 9.13. The minimum absolute atomic E-state index is 0.201. The lowest BCUT2D eigenvalue weighted by Gasteiger charge is -2.11. The number of aromatic nitrogens is 2. The van der Waals surface area contributed by atoms with Crippen molar-refractivity contribution >= 4 is 11.6 Å². The van der Waals surface area contributed by atoms with Gasteiger partial charge in [-0.05, 0) is 35.9 Å². The van der Waals surface area contributed by atoms with E-state index in [1.807, 2.05) is 54.7 Å². The van der Waals surface area contributed by atoms with Crippen LogP contribution in [0.2, 0.25) is 0 Å². The molecule has 4 aromatic rings. The number of rotatable bonds is 6. The van der Waals surface area contributed by atoms with E-state index in [-0.39, 0.29) is 5.56 Å². The second kappa shape index (κ2) is 7.44. The Balaban J connectivity index is 1.61. The van der Waals surface area contributed by atoms with Crippen molar-refractivity contribution in [2.45, 2.75) is 6.61 Å². The van der Waals surface area contributed by atoms with Crippen LogP contribution in [0.1, 0.15) is 15.9 Å². The minimum atomic E-state index is -0.978. The van der Waals surface area contributed by atoms with Crippen LogP contribution in [0.15, 0.2) is 73.1 Å². The third-order valence-corrected chi connectivity index (χ3v) is 4.40. The number of carboxylic acids is 1. The highest BCUT2D eigenvalue weighted by Crippen LogP contribution is 2.33. The molecule has 0 unspecified atom stereocenters. The van der Waals surface area contributed by atoms with Gasteiger partial charge >= 0.3 is 5.97 Å². The predicted octanol–water partition coefficient (Wildman–Crippen LogP) is 4.29. The maximum absolute atomic E-state index is 11.1. The zero-order chi connectivity index (χ0) is 19.5. The lowest BCUT2D eigenvalue weighted by atomic mass is 10.1. The largest absolute Gasteiger partial charge is 0.493 e. The van der Waals surface area contributed by atoms with Gasteiger partial charge in [-0.1, -0.05) is 30.3 Å². The van der Waals surface area contributed by atoms with Crippen molar-refractivity contribution in [2.24, 2.45) is 0 Å².